The number of ether oxygens (including phenoxy) is 2. The van der Waals surface area contributed by atoms with E-state index in [2.05, 4.69) is 10.6 Å². The van der Waals surface area contributed by atoms with Crippen LogP contribution >= 0.6 is 23.2 Å². The maximum Gasteiger partial charge on any atom is 0.411 e. The van der Waals surface area contributed by atoms with E-state index >= 15 is 0 Å². The molecule has 1 aliphatic heterocycles. The minimum atomic E-state index is -0.569. The van der Waals surface area contributed by atoms with Crippen LogP contribution in [0.15, 0.2) is 18.2 Å². The zero-order chi connectivity index (χ0) is 15.5. The highest BCUT2D eigenvalue weighted by molar-refractivity contribution is 6.35. The van der Waals surface area contributed by atoms with Gasteiger partial charge in [-0.1, -0.05) is 23.2 Å². The first-order valence-electron chi connectivity index (χ1n) is 6.62. The number of amides is 1. The van der Waals surface area contributed by atoms with E-state index in [9.17, 15) is 4.79 Å². The topological polar surface area (TPSA) is 59.6 Å². The molecular formula is C14H18Cl2N2O3. The van der Waals surface area contributed by atoms with Crippen molar-refractivity contribution in [2.75, 3.05) is 25.0 Å². The zero-order valence-electron chi connectivity index (χ0n) is 11.9. The quantitative estimate of drug-likeness (QED) is 0.891. The number of benzene rings is 1. The lowest BCUT2D eigenvalue weighted by molar-refractivity contribution is -0.110. The van der Waals surface area contributed by atoms with Crippen LogP contribution < -0.4 is 10.6 Å². The van der Waals surface area contributed by atoms with E-state index in [-0.39, 0.29) is 18.3 Å². The van der Waals surface area contributed by atoms with E-state index in [0.29, 0.717) is 22.3 Å². The highest BCUT2D eigenvalue weighted by atomic mass is 35.5. The standard InChI is InChI=1S/C14H18Cl2N2O3/c1-14(2)8-17-6-12(21-14)7-20-13(19)18-11-4-9(15)3-10(16)5-11/h3-5,12,17H,6-8H2,1-2H3,(H,18,19). The number of halogens is 2. The van der Waals surface area contributed by atoms with Gasteiger partial charge in [0.15, 0.2) is 0 Å². The summed E-state index contributed by atoms with van der Waals surface area (Å²) in [6.45, 7) is 5.58. The summed E-state index contributed by atoms with van der Waals surface area (Å²) in [5.74, 6) is 0. The average Bonchev–Trinajstić information content (AvgIpc) is 2.34. The van der Waals surface area contributed by atoms with Crippen LogP contribution in [-0.2, 0) is 9.47 Å². The lowest BCUT2D eigenvalue weighted by Crippen LogP contribution is -2.52. The van der Waals surface area contributed by atoms with Gasteiger partial charge >= 0.3 is 6.09 Å². The highest BCUT2D eigenvalue weighted by Crippen LogP contribution is 2.22. The zero-order valence-corrected chi connectivity index (χ0v) is 13.4. The summed E-state index contributed by atoms with van der Waals surface area (Å²) < 4.78 is 11.0. The molecule has 0 saturated carbocycles. The molecule has 5 nitrogen and oxygen atoms in total. The molecule has 1 amide bonds. The van der Waals surface area contributed by atoms with Crippen molar-refractivity contribution in [3.63, 3.8) is 0 Å². The summed E-state index contributed by atoms with van der Waals surface area (Å²) in [6, 6.07) is 4.77. The Bertz CT molecular complexity index is 503. The molecule has 1 aliphatic rings. The van der Waals surface area contributed by atoms with E-state index in [0.717, 1.165) is 6.54 Å². The maximum absolute atomic E-state index is 11.7. The molecule has 1 aromatic rings. The fourth-order valence-corrected chi connectivity index (χ4v) is 2.64. The van der Waals surface area contributed by atoms with Crippen LogP contribution in [0.4, 0.5) is 10.5 Å². The van der Waals surface area contributed by atoms with Gasteiger partial charge in [-0.15, -0.1) is 0 Å². The molecule has 1 saturated heterocycles. The first-order valence-corrected chi connectivity index (χ1v) is 7.38. The Hall–Kier alpha value is -1.01. The summed E-state index contributed by atoms with van der Waals surface area (Å²) in [5.41, 5.74) is 0.226. The van der Waals surface area contributed by atoms with Crippen LogP contribution in [0.5, 0.6) is 0 Å². The molecule has 1 heterocycles. The molecule has 1 unspecified atom stereocenters. The Morgan fingerprint density at radius 1 is 1.43 bits per heavy atom. The van der Waals surface area contributed by atoms with Gasteiger partial charge in [-0.25, -0.2) is 4.79 Å². The first-order chi connectivity index (χ1) is 9.84. The number of carbonyl (C=O) groups excluding carboxylic acids is 1. The molecule has 0 spiro atoms. The van der Waals surface area contributed by atoms with E-state index in [1.165, 1.54) is 0 Å². The second kappa shape index (κ2) is 6.83. The van der Waals surface area contributed by atoms with E-state index in [1.54, 1.807) is 18.2 Å². The number of carbonyl (C=O) groups is 1. The summed E-state index contributed by atoms with van der Waals surface area (Å²) in [7, 11) is 0. The fourth-order valence-electron chi connectivity index (χ4n) is 2.11. The van der Waals surface area contributed by atoms with Gasteiger partial charge in [0, 0.05) is 28.8 Å². The van der Waals surface area contributed by atoms with E-state index in [1.807, 2.05) is 13.8 Å². The molecule has 21 heavy (non-hydrogen) atoms. The molecule has 2 N–H and O–H groups in total. The van der Waals surface area contributed by atoms with Crippen molar-refractivity contribution < 1.29 is 14.3 Å². The maximum atomic E-state index is 11.7. The van der Waals surface area contributed by atoms with Gasteiger partial charge in [0.05, 0.1) is 5.60 Å². The van der Waals surface area contributed by atoms with Crippen molar-refractivity contribution in [3.05, 3.63) is 28.2 Å². The van der Waals surface area contributed by atoms with Gasteiger partial charge in [0.2, 0.25) is 0 Å². The van der Waals surface area contributed by atoms with Gasteiger partial charge in [0.1, 0.15) is 12.7 Å². The highest BCUT2D eigenvalue weighted by Gasteiger charge is 2.28. The molecule has 1 fully saturated rings. The fraction of sp³-hybridized carbons (Fsp3) is 0.500. The monoisotopic (exact) mass is 332 g/mol. The number of rotatable bonds is 3. The van der Waals surface area contributed by atoms with Crippen LogP contribution in [0, 0.1) is 0 Å². The number of nitrogens with one attached hydrogen (secondary N) is 2. The number of morpholine rings is 1. The van der Waals surface area contributed by atoms with Crippen molar-refractivity contribution >= 4 is 35.0 Å². The van der Waals surface area contributed by atoms with Crippen LogP contribution in [0.1, 0.15) is 13.8 Å². The normalized spacial score (nSPS) is 20.9. The SMILES string of the molecule is CC1(C)CNCC(COC(=O)Nc2cc(Cl)cc(Cl)c2)O1. The third-order valence-corrected chi connectivity index (χ3v) is 3.35. The summed E-state index contributed by atoms with van der Waals surface area (Å²) in [4.78, 5) is 11.7. The Morgan fingerprint density at radius 3 is 2.71 bits per heavy atom. The lowest BCUT2D eigenvalue weighted by Gasteiger charge is -2.36. The van der Waals surface area contributed by atoms with Crippen molar-refractivity contribution in [2.45, 2.75) is 25.6 Å². The Morgan fingerprint density at radius 2 is 2.10 bits per heavy atom. The third kappa shape index (κ3) is 5.36. The van der Waals surface area contributed by atoms with Crippen molar-refractivity contribution in [2.24, 2.45) is 0 Å². The molecule has 0 aliphatic carbocycles. The van der Waals surface area contributed by atoms with Crippen molar-refractivity contribution in [3.8, 4) is 0 Å². The molecule has 116 valence electrons. The van der Waals surface area contributed by atoms with Gasteiger partial charge in [0.25, 0.3) is 0 Å². The predicted octanol–water partition coefficient (Wildman–Crippen LogP) is 3.31. The molecule has 0 aromatic heterocycles. The predicted molar refractivity (Wildman–Crippen MR) is 83.3 cm³/mol. The van der Waals surface area contributed by atoms with Gasteiger partial charge in [-0.3, -0.25) is 5.32 Å². The first kappa shape index (κ1) is 16.4. The third-order valence-electron chi connectivity index (χ3n) is 2.92. The van der Waals surface area contributed by atoms with E-state index < -0.39 is 6.09 Å². The Kier molecular flexibility index (Phi) is 5.32. The molecule has 0 radical (unpaired) electrons. The molecule has 1 atom stereocenters. The number of hydrogen-bond acceptors (Lipinski definition) is 4. The summed E-state index contributed by atoms with van der Waals surface area (Å²) >= 11 is 11.7. The van der Waals surface area contributed by atoms with Crippen molar-refractivity contribution in [1.82, 2.24) is 5.32 Å². The Labute approximate surface area is 133 Å². The van der Waals surface area contributed by atoms with Gasteiger partial charge in [-0.05, 0) is 32.0 Å². The minimum Gasteiger partial charge on any atom is -0.446 e. The molecule has 1 aromatic carbocycles. The second-order valence-corrected chi connectivity index (χ2v) is 6.38. The minimum absolute atomic E-state index is 0.164. The lowest BCUT2D eigenvalue weighted by atomic mass is 10.1. The summed E-state index contributed by atoms with van der Waals surface area (Å²) in [5, 5.41) is 6.71. The van der Waals surface area contributed by atoms with Crippen LogP contribution in [0.3, 0.4) is 0 Å². The van der Waals surface area contributed by atoms with Gasteiger partial charge in [-0.2, -0.15) is 0 Å². The van der Waals surface area contributed by atoms with Gasteiger partial charge < -0.3 is 14.8 Å². The second-order valence-electron chi connectivity index (χ2n) is 5.51. The van der Waals surface area contributed by atoms with Crippen LogP contribution in [0.2, 0.25) is 10.0 Å². The molecule has 2 rings (SSSR count). The average molecular weight is 333 g/mol. The molecule has 0 bridgehead atoms. The molecular weight excluding hydrogens is 315 g/mol. The van der Waals surface area contributed by atoms with Crippen LogP contribution in [0.25, 0.3) is 0 Å². The number of hydrogen-bond donors (Lipinski definition) is 2. The summed E-state index contributed by atoms with van der Waals surface area (Å²) in [6.07, 6.45) is -0.734. The van der Waals surface area contributed by atoms with Crippen molar-refractivity contribution in [1.29, 1.82) is 0 Å². The molecule has 7 heteroatoms. The Balaban J connectivity index is 1.82. The smallest absolute Gasteiger partial charge is 0.411 e. The van der Waals surface area contributed by atoms with E-state index in [4.69, 9.17) is 32.7 Å². The largest absolute Gasteiger partial charge is 0.446 e. The number of anilines is 1. The van der Waals surface area contributed by atoms with Crippen LogP contribution in [-0.4, -0.2) is 37.5 Å².